The summed E-state index contributed by atoms with van der Waals surface area (Å²) in [6.45, 7) is 0.651. The summed E-state index contributed by atoms with van der Waals surface area (Å²) < 4.78 is 5.09. The number of amides is 1. The molecular formula is C20H19N3O2. The molecule has 126 valence electrons. The van der Waals surface area contributed by atoms with Gasteiger partial charge in [0.25, 0.3) is 5.91 Å². The van der Waals surface area contributed by atoms with Crippen molar-refractivity contribution in [3.63, 3.8) is 0 Å². The molecule has 0 radical (unpaired) electrons. The monoisotopic (exact) mass is 333 g/mol. The highest BCUT2D eigenvalue weighted by Crippen LogP contribution is 2.16. The lowest BCUT2D eigenvalue weighted by atomic mass is 10.2. The predicted octanol–water partition coefficient (Wildman–Crippen LogP) is 3.95. The second-order valence-electron chi connectivity index (χ2n) is 5.43. The molecule has 0 bridgehead atoms. The van der Waals surface area contributed by atoms with Crippen molar-refractivity contribution in [1.29, 1.82) is 0 Å². The van der Waals surface area contributed by atoms with Gasteiger partial charge in [-0.15, -0.1) is 0 Å². The van der Waals surface area contributed by atoms with E-state index in [0.29, 0.717) is 12.1 Å². The Balaban J connectivity index is 1.57. The summed E-state index contributed by atoms with van der Waals surface area (Å²) in [5.41, 5.74) is 3.26. The number of methoxy groups -OCH3 is 1. The number of aromatic nitrogens is 1. The Morgan fingerprint density at radius 1 is 0.960 bits per heavy atom. The predicted molar refractivity (Wildman–Crippen MR) is 99.0 cm³/mol. The molecule has 0 spiro atoms. The van der Waals surface area contributed by atoms with Gasteiger partial charge in [0.15, 0.2) is 0 Å². The van der Waals surface area contributed by atoms with Crippen molar-refractivity contribution in [1.82, 2.24) is 4.98 Å². The van der Waals surface area contributed by atoms with Crippen LogP contribution in [0.3, 0.4) is 0 Å². The normalized spacial score (nSPS) is 10.1. The summed E-state index contributed by atoms with van der Waals surface area (Å²) in [5.74, 6) is 0.566. The Kier molecular flexibility index (Phi) is 5.26. The number of pyridine rings is 1. The summed E-state index contributed by atoms with van der Waals surface area (Å²) in [6.07, 6.45) is 1.77. The molecule has 0 atom stereocenters. The minimum Gasteiger partial charge on any atom is -0.497 e. The van der Waals surface area contributed by atoms with Gasteiger partial charge in [-0.3, -0.25) is 9.78 Å². The molecule has 25 heavy (non-hydrogen) atoms. The lowest BCUT2D eigenvalue weighted by Gasteiger charge is -2.09. The van der Waals surface area contributed by atoms with Crippen molar-refractivity contribution in [2.75, 3.05) is 17.7 Å². The lowest BCUT2D eigenvalue weighted by Crippen LogP contribution is -2.11. The lowest BCUT2D eigenvalue weighted by molar-refractivity contribution is 0.102. The highest BCUT2D eigenvalue weighted by Gasteiger charge is 2.06. The highest BCUT2D eigenvalue weighted by atomic mass is 16.5. The Morgan fingerprint density at radius 3 is 2.32 bits per heavy atom. The quantitative estimate of drug-likeness (QED) is 0.717. The molecule has 5 heteroatoms. The molecule has 2 aromatic carbocycles. The van der Waals surface area contributed by atoms with Crippen molar-refractivity contribution in [3.05, 3.63) is 84.2 Å². The van der Waals surface area contributed by atoms with E-state index in [0.717, 1.165) is 22.8 Å². The van der Waals surface area contributed by atoms with Crippen LogP contribution in [0.4, 0.5) is 11.4 Å². The van der Waals surface area contributed by atoms with Crippen LogP contribution < -0.4 is 15.4 Å². The first kappa shape index (κ1) is 16.5. The van der Waals surface area contributed by atoms with E-state index in [9.17, 15) is 4.79 Å². The Labute approximate surface area is 146 Å². The van der Waals surface area contributed by atoms with Crippen LogP contribution in [-0.2, 0) is 6.54 Å². The van der Waals surface area contributed by atoms with E-state index >= 15 is 0 Å². The zero-order valence-electron chi connectivity index (χ0n) is 13.9. The summed E-state index contributed by atoms with van der Waals surface area (Å²) in [7, 11) is 1.60. The maximum Gasteiger partial charge on any atom is 0.255 e. The number of ether oxygens (including phenoxy) is 1. The number of anilines is 2. The maximum absolute atomic E-state index is 12.2. The second kappa shape index (κ2) is 7.97. The average molecular weight is 333 g/mol. The van der Waals surface area contributed by atoms with Gasteiger partial charge in [-0.2, -0.15) is 0 Å². The van der Waals surface area contributed by atoms with Gasteiger partial charge in [0.2, 0.25) is 0 Å². The molecule has 5 nitrogen and oxygen atoms in total. The molecule has 3 rings (SSSR count). The number of nitrogens with one attached hydrogen (secondary N) is 2. The number of carbonyl (C=O) groups excluding carboxylic acids is 1. The molecule has 1 aromatic heterocycles. The fourth-order valence-electron chi connectivity index (χ4n) is 2.31. The SMILES string of the molecule is COc1ccc(C(=O)Nc2ccc(NCc3ccccn3)cc2)cc1. The van der Waals surface area contributed by atoms with Crippen LogP contribution in [0.25, 0.3) is 0 Å². The fraction of sp³-hybridized carbons (Fsp3) is 0.100. The highest BCUT2D eigenvalue weighted by molar-refractivity contribution is 6.04. The first-order valence-electron chi connectivity index (χ1n) is 7.94. The minimum atomic E-state index is -0.156. The molecule has 0 aliphatic heterocycles. The van der Waals surface area contributed by atoms with Crippen molar-refractivity contribution in [2.24, 2.45) is 0 Å². The van der Waals surface area contributed by atoms with Gasteiger partial charge in [0.05, 0.1) is 19.3 Å². The molecule has 0 fully saturated rings. The van der Waals surface area contributed by atoms with E-state index in [4.69, 9.17) is 4.74 Å². The smallest absolute Gasteiger partial charge is 0.255 e. The Bertz CT molecular complexity index is 816. The molecule has 0 unspecified atom stereocenters. The van der Waals surface area contributed by atoms with E-state index in [1.807, 2.05) is 42.5 Å². The van der Waals surface area contributed by atoms with E-state index in [-0.39, 0.29) is 5.91 Å². The van der Waals surface area contributed by atoms with Crippen molar-refractivity contribution in [3.8, 4) is 5.75 Å². The van der Waals surface area contributed by atoms with Crippen LogP contribution in [0.15, 0.2) is 72.9 Å². The van der Waals surface area contributed by atoms with Crippen LogP contribution in [0, 0.1) is 0 Å². The number of carbonyl (C=O) groups is 1. The van der Waals surface area contributed by atoms with E-state index in [1.54, 1.807) is 37.6 Å². The largest absolute Gasteiger partial charge is 0.497 e. The maximum atomic E-state index is 12.2. The van der Waals surface area contributed by atoms with Crippen LogP contribution in [0.2, 0.25) is 0 Å². The fourth-order valence-corrected chi connectivity index (χ4v) is 2.31. The van der Waals surface area contributed by atoms with Gasteiger partial charge < -0.3 is 15.4 Å². The summed E-state index contributed by atoms with van der Waals surface area (Å²) in [5, 5.41) is 6.17. The van der Waals surface area contributed by atoms with Gasteiger partial charge >= 0.3 is 0 Å². The Hall–Kier alpha value is -3.34. The summed E-state index contributed by atoms with van der Waals surface area (Å²) >= 11 is 0. The van der Waals surface area contributed by atoms with Gasteiger partial charge in [-0.25, -0.2) is 0 Å². The number of hydrogen-bond donors (Lipinski definition) is 2. The number of benzene rings is 2. The van der Waals surface area contributed by atoms with Crippen LogP contribution in [0.1, 0.15) is 16.1 Å². The number of hydrogen-bond acceptors (Lipinski definition) is 4. The molecule has 2 N–H and O–H groups in total. The van der Waals surface area contributed by atoms with Gasteiger partial charge in [0, 0.05) is 23.1 Å². The summed E-state index contributed by atoms with van der Waals surface area (Å²) in [4.78, 5) is 16.5. The number of rotatable bonds is 6. The third-order valence-electron chi connectivity index (χ3n) is 3.69. The first-order chi connectivity index (χ1) is 12.2. The topological polar surface area (TPSA) is 63.2 Å². The van der Waals surface area contributed by atoms with Crippen LogP contribution >= 0.6 is 0 Å². The zero-order valence-corrected chi connectivity index (χ0v) is 13.9. The summed E-state index contributed by atoms with van der Waals surface area (Å²) in [6, 6.07) is 20.4. The van der Waals surface area contributed by atoms with Crippen LogP contribution in [-0.4, -0.2) is 18.0 Å². The molecule has 0 aliphatic rings. The van der Waals surface area contributed by atoms with Gasteiger partial charge in [0.1, 0.15) is 5.75 Å². The molecule has 3 aromatic rings. The van der Waals surface area contributed by atoms with Crippen molar-refractivity contribution >= 4 is 17.3 Å². The van der Waals surface area contributed by atoms with E-state index < -0.39 is 0 Å². The van der Waals surface area contributed by atoms with E-state index in [2.05, 4.69) is 15.6 Å². The molecule has 0 saturated heterocycles. The van der Waals surface area contributed by atoms with Crippen LogP contribution in [0.5, 0.6) is 5.75 Å². The van der Waals surface area contributed by atoms with Crippen molar-refractivity contribution < 1.29 is 9.53 Å². The zero-order chi connectivity index (χ0) is 17.5. The standard InChI is InChI=1S/C20H19N3O2/c1-25-19-11-5-15(6-12-19)20(24)23-17-9-7-16(8-10-17)22-14-18-4-2-3-13-21-18/h2-13,22H,14H2,1H3,(H,23,24). The molecule has 1 heterocycles. The number of nitrogens with zero attached hydrogens (tertiary/aromatic N) is 1. The third kappa shape index (κ3) is 4.57. The Morgan fingerprint density at radius 2 is 1.68 bits per heavy atom. The van der Waals surface area contributed by atoms with E-state index in [1.165, 1.54) is 0 Å². The molecule has 0 saturated carbocycles. The molecule has 1 amide bonds. The molecule has 0 aliphatic carbocycles. The average Bonchev–Trinajstić information content (AvgIpc) is 2.68. The minimum absolute atomic E-state index is 0.156. The molecular weight excluding hydrogens is 314 g/mol. The second-order valence-corrected chi connectivity index (χ2v) is 5.43. The third-order valence-corrected chi connectivity index (χ3v) is 3.69. The van der Waals surface area contributed by atoms with Crippen molar-refractivity contribution in [2.45, 2.75) is 6.54 Å². The van der Waals surface area contributed by atoms with Gasteiger partial charge in [-0.1, -0.05) is 6.07 Å². The van der Waals surface area contributed by atoms with Gasteiger partial charge in [-0.05, 0) is 60.7 Å². The first-order valence-corrected chi connectivity index (χ1v) is 7.94.